The number of benzene rings is 1. The predicted octanol–water partition coefficient (Wildman–Crippen LogP) is 3.75. The van der Waals surface area contributed by atoms with Gasteiger partial charge in [-0.1, -0.05) is 25.7 Å². The molecule has 4 heterocycles. The van der Waals surface area contributed by atoms with Crippen LogP contribution in [0, 0.1) is 6.92 Å². The standard InChI is InChI=1S/C30H48N8O2Si/c1-22-8-9-27-25(18-32-38(27)21-39-16-17-41(5,6)7)28(22)37-13-10-24-26(20-37)33-30(40-23(2)19-35(3)4)34-29(24)36-14-11-31-12-15-36/h8-9,18,23,31H,10-17,19-21H2,1-7H3. The zero-order valence-corrected chi connectivity index (χ0v) is 27.0. The van der Waals surface area contributed by atoms with Crippen LogP contribution in [0.1, 0.15) is 23.7 Å². The third-order valence-electron chi connectivity index (χ3n) is 7.89. The van der Waals surface area contributed by atoms with Gasteiger partial charge in [0.05, 0.1) is 29.6 Å². The van der Waals surface area contributed by atoms with Crippen molar-refractivity contribution in [3.8, 4) is 6.01 Å². The van der Waals surface area contributed by atoms with Crippen LogP contribution < -0.4 is 19.9 Å². The maximum absolute atomic E-state index is 6.28. The van der Waals surface area contributed by atoms with Crippen LogP contribution in [0.25, 0.3) is 10.9 Å². The van der Waals surface area contributed by atoms with E-state index in [1.165, 1.54) is 16.8 Å². The lowest BCUT2D eigenvalue weighted by molar-refractivity contribution is 0.0817. The molecule has 0 saturated carbocycles. The van der Waals surface area contributed by atoms with E-state index in [2.05, 4.69) is 79.7 Å². The molecule has 1 N–H and O–H groups in total. The number of aryl methyl sites for hydroxylation is 1. The molecule has 3 aromatic rings. The number of anilines is 2. The first kappa shape index (κ1) is 29.7. The Hall–Kier alpha value is -2.73. The van der Waals surface area contributed by atoms with Crippen LogP contribution in [0.4, 0.5) is 11.5 Å². The van der Waals surface area contributed by atoms with Gasteiger partial charge in [-0.15, -0.1) is 0 Å². The molecule has 10 nitrogen and oxygen atoms in total. The number of hydrogen-bond donors (Lipinski definition) is 1. The molecule has 2 aromatic heterocycles. The predicted molar refractivity (Wildman–Crippen MR) is 169 cm³/mol. The molecule has 5 rings (SSSR count). The molecule has 1 atom stereocenters. The maximum Gasteiger partial charge on any atom is 0.318 e. The summed E-state index contributed by atoms with van der Waals surface area (Å²) in [6, 6.07) is 6.01. The summed E-state index contributed by atoms with van der Waals surface area (Å²) < 4.78 is 14.3. The van der Waals surface area contributed by atoms with E-state index < -0.39 is 8.07 Å². The number of ether oxygens (including phenoxy) is 2. The Kier molecular flexibility index (Phi) is 9.17. The largest absolute Gasteiger partial charge is 0.459 e. The summed E-state index contributed by atoms with van der Waals surface area (Å²) in [5.74, 6) is 1.04. The highest BCUT2D eigenvalue weighted by atomic mass is 28.3. The molecule has 1 unspecified atom stereocenters. The van der Waals surface area contributed by atoms with Crippen LogP contribution in [0.3, 0.4) is 0 Å². The fourth-order valence-electron chi connectivity index (χ4n) is 5.80. The molecule has 0 aliphatic carbocycles. The lowest BCUT2D eigenvalue weighted by Crippen LogP contribution is -2.45. The molecule has 41 heavy (non-hydrogen) atoms. The van der Waals surface area contributed by atoms with Crippen molar-refractivity contribution in [1.82, 2.24) is 30.0 Å². The van der Waals surface area contributed by atoms with Gasteiger partial charge in [-0.3, -0.25) is 0 Å². The molecule has 1 fully saturated rings. The summed E-state index contributed by atoms with van der Waals surface area (Å²) in [6.45, 7) is 18.9. The minimum absolute atomic E-state index is 0.00610. The second-order valence-electron chi connectivity index (χ2n) is 13.0. The highest BCUT2D eigenvalue weighted by Gasteiger charge is 2.28. The summed E-state index contributed by atoms with van der Waals surface area (Å²) in [5.41, 5.74) is 5.90. The first-order valence-corrected chi connectivity index (χ1v) is 18.7. The molecular formula is C30H48N8O2Si. The van der Waals surface area contributed by atoms with Crippen molar-refractivity contribution in [3.63, 3.8) is 0 Å². The lowest BCUT2D eigenvalue weighted by Gasteiger charge is -2.36. The van der Waals surface area contributed by atoms with Crippen molar-refractivity contribution >= 4 is 30.5 Å². The molecule has 2 aliphatic heterocycles. The first-order valence-electron chi connectivity index (χ1n) is 15.0. The van der Waals surface area contributed by atoms with Crippen LogP contribution in [-0.4, -0.2) is 98.8 Å². The van der Waals surface area contributed by atoms with Gasteiger partial charge in [0, 0.05) is 64.9 Å². The summed E-state index contributed by atoms with van der Waals surface area (Å²) >= 11 is 0. The van der Waals surface area contributed by atoms with Gasteiger partial charge < -0.3 is 29.5 Å². The molecule has 11 heteroatoms. The minimum Gasteiger partial charge on any atom is -0.459 e. The molecule has 0 spiro atoms. The van der Waals surface area contributed by atoms with Crippen molar-refractivity contribution in [2.45, 2.75) is 65.3 Å². The van der Waals surface area contributed by atoms with E-state index in [0.717, 1.165) is 80.8 Å². The van der Waals surface area contributed by atoms with Crippen LogP contribution >= 0.6 is 0 Å². The van der Waals surface area contributed by atoms with Gasteiger partial charge in [0.15, 0.2) is 0 Å². The third kappa shape index (κ3) is 7.19. The highest BCUT2D eigenvalue weighted by Crippen LogP contribution is 2.36. The summed E-state index contributed by atoms with van der Waals surface area (Å²) in [4.78, 5) is 17.0. The zero-order chi connectivity index (χ0) is 29.1. The van der Waals surface area contributed by atoms with Crippen LogP contribution in [0.15, 0.2) is 18.3 Å². The Morgan fingerprint density at radius 2 is 1.85 bits per heavy atom. The quantitative estimate of drug-likeness (QED) is 0.269. The number of aromatic nitrogens is 4. The Morgan fingerprint density at radius 1 is 1.07 bits per heavy atom. The SMILES string of the molecule is Cc1ccc2c(cnn2COCC[Si](C)(C)C)c1N1CCc2c(nc(OC(C)CN(C)C)nc2N2CCNCC2)C1. The zero-order valence-electron chi connectivity index (χ0n) is 26.0. The minimum atomic E-state index is -1.13. The second kappa shape index (κ2) is 12.6. The topological polar surface area (TPSA) is 83.8 Å². The maximum atomic E-state index is 6.28. The number of nitrogens with zero attached hydrogens (tertiary/aromatic N) is 7. The molecular weight excluding hydrogens is 532 g/mol. The summed E-state index contributed by atoms with van der Waals surface area (Å²) in [6.07, 6.45) is 2.89. The Morgan fingerprint density at radius 3 is 2.59 bits per heavy atom. The number of hydrogen-bond acceptors (Lipinski definition) is 9. The number of piperazine rings is 1. The van der Waals surface area contributed by atoms with Crippen LogP contribution in [0.2, 0.25) is 25.7 Å². The van der Waals surface area contributed by atoms with Crippen molar-refractivity contribution in [1.29, 1.82) is 0 Å². The van der Waals surface area contributed by atoms with Gasteiger partial charge in [-0.05, 0) is 52.0 Å². The number of nitrogens with one attached hydrogen (secondary N) is 1. The summed E-state index contributed by atoms with van der Waals surface area (Å²) in [5, 5.41) is 9.36. The number of rotatable bonds is 11. The first-order chi connectivity index (χ1) is 19.6. The van der Waals surface area contributed by atoms with Crippen LogP contribution in [-0.2, 0) is 24.4 Å². The molecule has 2 aliphatic rings. The van der Waals surface area contributed by atoms with Gasteiger partial charge in [-0.2, -0.15) is 15.1 Å². The van der Waals surface area contributed by atoms with E-state index in [4.69, 9.17) is 24.5 Å². The molecule has 0 bridgehead atoms. The van der Waals surface area contributed by atoms with Crippen molar-refractivity contribution in [2.75, 3.05) is 69.8 Å². The molecule has 224 valence electrons. The molecule has 0 amide bonds. The van der Waals surface area contributed by atoms with Gasteiger partial charge in [-0.25, -0.2) is 4.68 Å². The van der Waals surface area contributed by atoms with E-state index >= 15 is 0 Å². The normalized spacial score (nSPS) is 16.9. The fraction of sp³-hybridized carbons (Fsp3) is 0.633. The molecule has 1 saturated heterocycles. The Labute approximate surface area is 246 Å². The van der Waals surface area contributed by atoms with E-state index in [0.29, 0.717) is 19.3 Å². The Bertz CT molecular complexity index is 1330. The van der Waals surface area contributed by atoms with E-state index in [-0.39, 0.29) is 6.10 Å². The van der Waals surface area contributed by atoms with Gasteiger partial charge >= 0.3 is 6.01 Å². The van der Waals surface area contributed by atoms with E-state index in [1.54, 1.807) is 0 Å². The Balaban J connectivity index is 1.42. The highest BCUT2D eigenvalue weighted by molar-refractivity contribution is 6.76. The average molecular weight is 581 g/mol. The third-order valence-corrected chi connectivity index (χ3v) is 9.60. The van der Waals surface area contributed by atoms with Crippen LogP contribution in [0.5, 0.6) is 6.01 Å². The second-order valence-corrected chi connectivity index (χ2v) is 18.6. The van der Waals surface area contributed by atoms with Crippen molar-refractivity contribution in [2.24, 2.45) is 0 Å². The number of likely N-dealkylation sites (N-methyl/N-ethyl adjacent to an activating group) is 1. The van der Waals surface area contributed by atoms with Gasteiger partial charge in [0.1, 0.15) is 18.7 Å². The molecule has 1 aromatic carbocycles. The smallest absolute Gasteiger partial charge is 0.318 e. The van der Waals surface area contributed by atoms with Gasteiger partial charge in [0.25, 0.3) is 0 Å². The summed E-state index contributed by atoms with van der Waals surface area (Å²) in [7, 11) is 2.99. The average Bonchev–Trinajstić information content (AvgIpc) is 3.32. The number of fused-ring (bicyclic) bond motifs is 2. The monoisotopic (exact) mass is 580 g/mol. The van der Waals surface area contributed by atoms with E-state index in [9.17, 15) is 0 Å². The van der Waals surface area contributed by atoms with E-state index in [1.807, 2.05) is 10.9 Å². The fourth-order valence-corrected chi connectivity index (χ4v) is 6.56. The van der Waals surface area contributed by atoms with Crippen molar-refractivity contribution < 1.29 is 9.47 Å². The van der Waals surface area contributed by atoms with Gasteiger partial charge in [0.2, 0.25) is 0 Å². The molecule has 0 radical (unpaired) electrons. The lowest BCUT2D eigenvalue weighted by atomic mass is 10.0. The van der Waals surface area contributed by atoms with Crippen molar-refractivity contribution in [3.05, 3.63) is 35.2 Å².